The molecule has 0 amide bonds. The second-order valence-corrected chi connectivity index (χ2v) is 6.28. The number of ether oxygens (including phenoxy) is 2. The van der Waals surface area contributed by atoms with Crippen LogP contribution in [0.2, 0.25) is 0 Å². The Bertz CT molecular complexity index is 318. The van der Waals surface area contributed by atoms with Gasteiger partial charge in [-0.25, -0.2) is 0 Å². The molecule has 0 spiro atoms. The first-order chi connectivity index (χ1) is 7.98. The van der Waals surface area contributed by atoms with Crippen LogP contribution < -0.4 is 0 Å². The number of carbonyl (C=O) groups excluding carboxylic acids is 2. The van der Waals surface area contributed by atoms with Crippen molar-refractivity contribution in [2.45, 2.75) is 47.6 Å². The minimum Gasteiger partial charge on any atom is -0.461 e. The fourth-order valence-electron chi connectivity index (χ4n) is 0.839. The maximum atomic E-state index is 11.7. The van der Waals surface area contributed by atoms with Gasteiger partial charge >= 0.3 is 11.9 Å². The fourth-order valence-corrected chi connectivity index (χ4v) is 0.839. The number of hydrogen-bond donors (Lipinski definition) is 0. The van der Waals surface area contributed by atoms with Gasteiger partial charge in [0.1, 0.15) is 6.61 Å². The van der Waals surface area contributed by atoms with E-state index in [0.717, 1.165) is 0 Å². The van der Waals surface area contributed by atoms with Crippen LogP contribution in [0, 0.1) is 10.8 Å². The van der Waals surface area contributed by atoms with Crippen molar-refractivity contribution >= 4 is 11.9 Å². The number of rotatable bonds is 4. The zero-order valence-electron chi connectivity index (χ0n) is 12.2. The molecule has 4 nitrogen and oxygen atoms in total. The van der Waals surface area contributed by atoms with E-state index >= 15 is 0 Å². The Morgan fingerprint density at radius 3 is 1.83 bits per heavy atom. The molecule has 0 aliphatic rings. The van der Waals surface area contributed by atoms with Crippen molar-refractivity contribution in [3.8, 4) is 0 Å². The van der Waals surface area contributed by atoms with Crippen LogP contribution in [0.15, 0.2) is 12.7 Å². The Morgan fingerprint density at radius 1 is 1.06 bits per heavy atom. The molecule has 0 radical (unpaired) electrons. The summed E-state index contributed by atoms with van der Waals surface area (Å²) in [6, 6.07) is 0. The Hall–Kier alpha value is -1.32. The summed E-state index contributed by atoms with van der Waals surface area (Å²) in [5.41, 5.74) is -1.16. The Balaban J connectivity index is 4.35. The molecule has 0 saturated carbocycles. The molecule has 0 aliphatic carbocycles. The third kappa shape index (κ3) is 5.84. The van der Waals surface area contributed by atoms with Crippen molar-refractivity contribution in [1.82, 2.24) is 0 Å². The Morgan fingerprint density at radius 2 is 1.50 bits per heavy atom. The predicted molar refractivity (Wildman–Crippen MR) is 69.9 cm³/mol. The van der Waals surface area contributed by atoms with Crippen LogP contribution in [-0.4, -0.2) is 24.6 Å². The third-order valence-corrected chi connectivity index (χ3v) is 2.12. The summed E-state index contributed by atoms with van der Waals surface area (Å²) >= 11 is 0. The lowest BCUT2D eigenvalue weighted by Crippen LogP contribution is -2.32. The average Bonchev–Trinajstić information content (AvgIpc) is 2.20. The highest BCUT2D eigenvalue weighted by Gasteiger charge is 2.27. The SMILES string of the molecule is C=CC(COC(=O)C(C)(C)C)OC(=O)C(C)(C)C. The smallest absolute Gasteiger partial charge is 0.311 e. The highest BCUT2D eigenvalue weighted by Crippen LogP contribution is 2.18. The van der Waals surface area contributed by atoms with Crippen LogP contribution in [-0.2, 0) is 19.1 Å². The van der Waals surface area contributed by atoms with Gasteiger partial charge in [0, 0.05) is 0 Å². The second-order valence-electron chi connectivity index (χ2n) is 6.28. The second kappa shape index (κ2) is 6.03. The molecule has 0 aromatic heterocycles. The average molecular weight is 256 g/mol. The van der Waals surface area contributed by atoms with Gasteiger partial charge < -0.3 is 9.47 Å². The molecule has 1 unspecified atom stereocenters. The van der Waals surface area contributed by atoms with Crippen molar-refractivity contribution in [2.75, 3.05) is 6.61 Å². The molecule has 4 heteroatoms. The van der Waals surface area contributed by atoms with Crippen LogP contribution in [0.1, 0.15) is 41.5 Å². The van der Waals surface area contributed by atoms with Gasteiger partial charge in [-0.2, -0.15) is 0 Å². The highest BCUT2D eigenvalue weighted by molar-refractivity contribution is 5.76. The summed E-state index contributed by atoms with van der Waals surface area (Å²) in [6.07, 6.45) is 0.850. The van der Waals surface area contributed by atoms with Crippen LogP contribution in [0.3, 0.4) is 0 Å². The molecular formula is C14H24O4. The summed E-state index contributed by atoms with van der Waals surface area (Å²) in [6.45, 7) is 14.1. The van der Waals surface area contributed by atoms with Gasteiger partial charge in [-0.1, -0.05) is 6.58 Å². The van der Waals surface area contributed by atoms with Crippen LogP contribution in [0.25, 0.3) is 0 Å². The lowest BCUT2D eigenvalue weighted by molar-refractivity contribution is -0.166. The fraction of sp³-hybridized carbons (Fsp3) is 0.714. The van der Waals surface area contributed by atoms with Gasteiger partial charge in [0.25, 0.3) is 0 Å². The molecular weight excluding hydrogens is 232 g/mol. The predicted octanol–water partition coefficient (Wildman–Crippen LogP) is 2.72. The first-order valence-corrected chi connectivity index (χ1v) is 5.99. The van der Waals surface area contributed by atoms with E-state index in [-0.39, 0.29) is 18.5 Å². The van der Waals surface area contributed by atoms with E-state index in [9.17, 15) is 9.59 Å². The van der Waals surface area contributed by atoms with Crippen molar-refractivity contribution < 1.29 is 19.1 Å². The molecule has 0 aromatic rings. The maximum absolute atomic E-state index is 11.7. The zero-order valence-corrected chi connectivity index (χ0v) is 12.2. The largest absolute Gasteiger partial charge is 0.461 e. The number of carbonyl (C=O) groups is 2. The van der Waals surface area contributed by atoms with E-state index in [1.807, 2.05) is 0 Å². The van der Waals surface area contributed by atoms with E-state index in [2.05, 4.69) is 6.58 Å². The molecule has 104 valence electrons. The van der Waals surface area contributed by atoms with Gasteiger partial charge in [-0.3, -0.25) is 9.59 Å². The van der Waals surface area contributed by atoms with Gasteiger partial charge in [0.15, 0.2) is 6.10 Å². The van der Waals surface area contributed by atoms with Gasteiger partial charge in [-0.05, 0) is 47.6 Å². The summed E-state index contributed by atoms with van der Waals surface area (Å²) in [7, 11) is 0. The van der Waals surface area contributed by atoms with E-state index < -0.39 is 16.9 Å². The molecule has 0 fully saturated rings. The van der Waals surface area contributed by atoms with Gasteiger partial charge in [0.05, 0.1) is 10.8 Å². The summed E-state index contributed by atoms with van der Waals surface area (Å²) in [4.78, 5) is 23.2. The normalized spacial score (nSPS) is 13.7. The van der Waals surface area contributed by atoms with Crippen molar-refractivity contribution in [2.24, 2.45) is 10.8 Å². The number of hydrogen-bond acceptors (Lipinski definition) is 4. The summed E-state index contributed by atoms with van der Waals surface area (Å²) < 4.78 is 10.3. The third-order valence-electron chi connectivity index (χ3n) is 2.12. The zero-order chi connectivity index (χ0) is 14.6. The monoisotopic (exact) mass is 256 g/mol. The first kappa shape index (κ1) is 16.7. The minimum atomic E-state index is -0.608. The van der Waals surface area contributed by atoms with Gasteiger partial charge in [0.2, 0.25) is 0 Å². The van der Waals surface area contributed by atoms with Crippen molar-refractivity contribution in [3.05, 3.63) is 12.7 Å². The molecule has 18 heavy (non-hydrogen) atoms. The quantitative estimate of drug-likeness (QED) is 0.573. The van der Waals surface area contributed by atoms with Crippen LogP contribution in [0.4, 0.5) is 0 Å². The molecule has 1 atom stereocenters. The summed E-state index contributed by atoms with van der Waals surface area (Å²) in [5, 5.41) is 0. The molecule has 0 N–H and O–H groups in total. The summed E-state index contributed by atoms with van der Waals surface area (Å²) in [5.74, 6) is -0.680. The Labute approximate surface area is 109 Å². The molecule has 0 aliphatic heterocycles. The van der Waals surface area contributed by atoms with E-state index in [1.165, 1.54) is 6.08 Å². The maximum Gasteiger partial charge on any atom is 0.311 e. The molecule has 0 rings (SSSR count). The molecule has 0 bridgehead atoms. The van der Waals surface area contributed by atoms with E-state index in [0.29, 0.717) is 0 Å². The van der Waals surface area contributed by atoms with Crippen LogP contribution in [0.5, 0.6) is 0 Å². The van der Waals surface area contributed by atoms with E-state index in [1.54, 1.807) is 41.5 Å². The molecule has 0 aromatic carbocycles. The molecule has 0 saturated heterocycles. The lowest BCUT2D eigenvalue weighted by atomic mass is 9.97. The van der Waals surface area contributed by atoms with Crippen molar-refractivity contribution in [3.63, 3.8) is 0 Å². The minimum absolute atomic E-state index is 0.00141. The number of esters is 2. The molecule has 0 heterocycles. The Kier molecular flexibility index (Phi) is 5.58. The lowest BCUT2D eigenvalue weighted by Gasteiger charge is -2.23. The van der Waals surface area contributed by atoms with Crippen LogP contribution >= 0.6 is 0 Å². The first-order valence-electron chi connectivity index (χ1n) is 5.99. The van der Waals surface area contributed by atoms with E-state index in [4.69, 9.17) is 9.47 Å². The highest BCUT2D eigenvalue weighted by atomic mass is 16.6. The standard InChI is InChI=1S/C14H24O4/c1-8-10(18-12(16)14(5,6)7)9-17-11(15)13(2,3)4/h8,10H,1,9H2,2-7H3. The van der Waals surface area contributed by atoms with Crippen molar-refractivity contribution in [1.29, 1.82) is 0 Å². The van der Waals surface area contributed by atoms with Gasteiger partial charge in [-0.15, -0.1) is 0 Å². The topological polar surface area (TPSA) is 52.6 Å².